The van der Waals surface area contributed by atoms with E-state index >= 15 is 0 Å². The topological polar surface area (TPSA) is 80.3 Å². The van der Waals surface area contributed by atoms with Gasteiger partial charge in [0.05, 0.1) is 23.9 Å². The second-order valence-electron chi connectivity index (χ2n) is 6.29. The summed E-state index contributed by atoms with van der Waals surface area (Å²) in [6.45, 7) is 5.09. The van der Waals surface area contributed by atoms with E-state index in [-0.39, 0.29) is 11.8 Å². The summed E-state index contributed by atoms with van der Waals surface area (Å²) < 4.78 is 5.22. The van der Waals surface area contributed by atoms with Crippen molar-refractivity contribution in [2.45, 2.75) is 20.8 Å². The summed E-state index contributed by atoms with van der Waals surface area (Å²) in [6.07, 6.45) is 0. The van der Waals surface area contributed by atoms with E-state index < -0.39 is 0 Å². The number of aromatic nitrogens is 1. The zero-order valence-electron chi connectivity index (χ0n) is 15.7. The number of amides is 2. The van der Waals surface area contributed by atoms with E-state index in [2.05, 4.69) is 15.6 Å². The molecule has 6 heteroatoms. The van der Waals surface area contributed by atoms with E-state index in [1.165, 1.54) is 6.92 Å². The third-order valence-corrected chi connectivity index (χ3v) is 4.35. The molecule has 2 aromatic carbocycles. The van der Waals surface area contributed by atoms with Gasteiger partial charge in [-0.15, -0.1) is 0 Å². The van der Waals surface area contributed by atoms with Gasteiger partial charge in [0.2, 0.25) is 5.91 Å². The number of anilines is 2. The number of nitrogens with zero attached hydrogens (tertiary/aromatic N) is 1. The standard InChI is InChI=1S/C21H21N3O3/c1-12-18(23-14(3)25)6-5-7-19(12)24-21(26)17-10-15-8-9-16(27-4)11-20(15)22-13(17)2/h5-11H,1-4H3,(H,23,25)(H,24,26). The van der Waals surface area contributed by atoms with Crippen molar-refractivity contribution in [3.63, 3.8) is 0 Å². The molecular weight excluding hydrogens is 342 g/mol. The first-order chi connectivity index (χ1) is 12.9. The number of ether oxygens (including phenoxy) is 1. The molecule has 1 aromatic heterocycles. The van der Waals surface area contributed by atoms with Crippen molar-refractivity contribution in [1.29, 1.82) is 0 Å². The first-order valence-corrected chi connectivity index (χ1v) is 8.53. The van der Waals surface area contributed by atoms with Crippen LogP contribution in [0.5, 0.6) is 5.75 Å². The average Bonchev–Trinajstić information content (AvgIpc) is 2.63. The minimum absolute atomic E-state index is 0.161. The number of carbonyl (C=O) groups is 2. The van der Waals surface area contributed by atoms with Gasteiger partial charge in [-0.1, -0.05) is 6.07 Å². The van der Waals surface area contributed by atoms with E-state index in [4.69, 9.17) is 4.74 Å². The Morgan fingerprint density at radius 3 is 2.37 bits per heavy atom. The van der Waals surface area contributed by atoms with Crippen molar-refractivity contribution in [2.24, 2.45) is 0 Å². The molecule has 1 heterocycles. The Bertz CT molecular complexity index is 1040. The van der Waals surface area contributed by atoms with Gasteiger partial charge in [0, 0.05) is 29.8 Å². The zero-order valence-corrected chi connectivity index (χ0v) is 15.7. The molecule has 138 valence electrons. The largest absolute Gasteiger partial charge is 0.497 e. The Balaban J connectivity index is 1.92. The summed E-state index contributed by atoms with van der Waals surface area (Å²) in [5, 5.41) is 6.53. The SMILES string of the molecule is COc1ccc2cc(C(=O)Nc3cccc(NC(C)=O)c3C)c(C)nc2c1. The molecular formula is C21H21N3O3. The lowest BCUT2D eigenvalue weighted by Gasteiger charge is -2.14. The highest BCUT2D eigenvalue weighted by atomic mass is 16.5. The first-order valence-electron chi connectivity index (χ1n) is 8.53. The van der Waals surface area contributed by atoms with Crippen molar-refractivity contribution >= 4 is 34.1 Å². The number of benzene rings is 2. The molecule has 0 saturated carbocycles. The van der Waals surface area contributed by atoms with Gasteiger partial charge < -0.3 is 15.4 Å². The number of pyridine rings is 1. The lowest BCUT2D eigenvalue weighted by atomic mass is 10.1. The Hall–Kier alpha value is -3.41. The summed E-state index contributed by atoms with van der Waals surface area (Å²) >= 11 is 0. The second kappa shape index (κ2) is 7.45. The highest BCUT2D eigenvalue weighted by Gasteiger charge is 2.14. The van der Waals surface area contributed by atoms with Crippen LogP contribution in [0.25, 0.3) is 10.9 Å². The molecule has 27 heavy (non-hydrogen) atoms. The molecule has 0 fully saturated rings. The minimum atomic E-state index is -0.249. The predicted octanol–water partition coefficient (Wildman–Crippen LogP) is 4.07. The maximum Gasteiger partial charge on any atom is 0.257 e. The van der Waals surface area contributed by atoms with Crippen LogP contribution < -0.4 is 15.4 Å². The van der Waals surface area contributed by atoms with Crippen molar-refractivity contribution in [3.05, 3.63) is 59.3 Å². The number of hydrogen-bond donors (Lipinski definition) is 2. The van der Waals surface area contributed by atoms with Crippen LogP contribution >= 0.6 is 0 Å². The number of rotatable bonds is 4. The Morgan fingerprint density at radius 1 is 1.00 bits per heavy atom. The quantitative estimate of drug-likeness (QED) is 0.732. The van der Waals surface area contributed by atoms with Crippen LogP contribution in [-0.4, -0.2) is 23.9 Å². The molecule has 2 amide bonds. The Kier molecular flexibility index (Phi) is 5.07. The van der Waals surface area contributed by atoms with Crippen molar-refractivity contribution in [3.8, 4) is 5.75 Å². The summed E-state index contributed by atoms with van der Waals surface area (Å²) in [5.74, 6) is 0.310. The number of carbonyl (C=O) groups excluding carboxylic acids is 2. The molecule has 0 aliphatic rings. The van der Waals surface area contributed by atoms with Gasteiger partial charge in [-0.3, -0.25) is 14.6 Å². The number of nitrogens with one attached hydrogen (secondary N) is 2. The number of methoxy groups -OCH3 is 1. The Labute approximate surface area is 157 Å². The van der Waals surface area contributed by atoms with Crippen LogP contribution in [0.1, 0.15) is 28.5 Å². The number of hydrogen-bond acceptors (Lipinski definition) is 4. The van der Waals surface area contributed by atoms with Gasteiger partial charge in [0.25, 0.3) is 5.91 Å². The summed E-state index contributed by atoms with van der Waals surface area (Å²) in [5.41, 5.74) is 3.99. The molecule has 0 radical (unpaired) electrons. The lowest BCUT2D eigenvalue weighted by molar-refractivity contribution is -0.114. The van der Waals surface area contributed by atoms with Gasteiger partial charge in [-0.05, 0) is 49.7 Å². The molecule has 0 aliphatic carbocycles. The first kappa shape index (κ1) is 18.4. The normalized spacial score (nSPS) is 10.5. The van der Waals surface area contributed by atoms with E-state index in [1.807, 2.05) is 31.2 Å². The van der Waals surface area contributed by atoms with Gasteiger partial charge in [0.1, 0.15) is 5.75 Å². The van der Waals surface area contributed by atoms with Gasteiger partial charge in [-0.25, -0.2) is 0 Å². The molecule has 3 rings (SSSR count). The molecule has 3 aromatic rings. The fourth-order valence-corrected chi connectivity index (χ4v) is 2.89. The molecule has 0 atom stereocenters. The van der Waals surface area contributed by atoms with E-state index in [9.17, 15) is 9.59 Å². The van der Waals surface area contributed by atoms with Crippen molar-refractivity contribution < 1.29 is 14.3 Å². The molecule has 0 bridgehead atoms. The molecule has 0 spiro atoms. The summed E-state index contributed by atoms with van der Waals surface area (Å²) in [6, 6.07) is 12.7. The fourth-order valence-electron chi connectivity index (χ4n) is 2.89. The van der Waals surface area contributed by atoms with Crippen LogP contribution in [0.2, 0.25) is 0 Å². The van der Waals surface area contributed by atoms with Crippen LogP contribution in [0, 0.1) is 13.8 Å². The predicted molar refractivity (Wildman–Crippen MR) is 106 cm³/mol. The average molecular weight is 363 g/mol. The minimum Gasteiger partial charge on any atom is -0.497 e. The van der Waals surface area contributed by atoms with Gasteiger partial charge in [-0.2, -0.15) is 0 Å². The van der Waals surface area contributed by atoms with E-state index in [0.717, 1.165) is 22.2 Å². The van der Waals surface area contributed by atoms with Crippen LogP contribution in [0.4, 0.5) is 11.4 Å². The van der Waals surface area contributed by atoms with Crippen molar-refractivity contribution in [2.75, 3.05) is 17.7 Å². The molecule has 0 unspecified atom stereocenters. The Morgan fingerprint density at radius 2 is 1.70 bits per heavy atom. The maximum absolute atomic E-state index is 12.8. The molecule has 0 saturated heterocycles. The highest BCUT2D eigenvalue weighted by molar-refractivity contribution is 6.07. The van der Waals surface area contributed by atoms with Gasteiger partial charge in [0.15, 0.2) is 0 Å². The van der Waals surface area contributed by atoms with Crippen LogP contribution in [0.15, 0.2) is 42.5 Å². The fraction of sp³-hybridized carbons (Fsp3) is 0.190. The third kappa shape index (κ3) is 3.89. The third-order valence-electron chi connectivity index (χ3n) is 4.35. The van der Waals surface area contributed by atoms with Crippen molar-refractivity contribution in [1.82, 2.24) is 4.98 Å². The summed E-state index contributed by atoms with van der Waals surface area (Å²) in [7, 11) is 1.60. The summed E-state index contributed by atoms with van der Waals surface area (Å²) in [4.78, 5) is 28.7. The highest BCUT2D eigenvalue weighted by Crippen LogP contribution is 2.25. The monoisotopic (exact) mass is 363 g/mol. The van der Waals surface area contributed by atoms with E-state index in [1.54, 1.807) is 32.2 Å². The number of aryl methyl sites for hydroxylation is 1. The lowest BCUT2D eigenvalue weighted by Crippen LogP contribution is -2.16. The second-order valence-corrected chi connectivity index (χ2v) is 6.29. The molecule has 6 nitrogen and oxygen atoms in total. The maximum atomic E-state index is 12.8. The molecule has 0 aliphatic heterocycles. The van der Waals surface area contributed by atoms with Crippen LogP contribution in [0.3, 0.4) is 0 Å². The zero-order chi connectivity index (χ0) is 19.6. The van der Waals surface area contributed by atoms with Crippen LogP contribution in [-0.2, 0) is 4.79 Å². The smallest absolute Gasteiger partial charge is 0.257 e. The number of fused-ring (bicyclic) bond motifs is 1. The van der Waals surface area contributed by atoms with E-state index in [0.29, 0.717) is 22.6 Å². The van der Waals surface area contributed by atoms with Gasteiger partial charge >= 0.3 is 0 Å². The molecule has 2 N–H and O–H groups in total.